The van der Waals surface area contributed by atoms with Crippen molar-refractivity contribution in [2.75, 3.05) is 5.28 Å². The molecule has 2 rings (SSSR count). The fourth-order valence-corrected chi connectivity index (χ4v) is 2.82. The molecule has 0 aliphatic carbocycles. The lowest BCUT2D eigenvalue weighted by Crippen LogP contribution is -2.21. The summed E-state index contributed by atoms with van der Waals surface area (Å²) >= 11 is 6.39. The van der Waals surface area contributed by atoms with Gasteiger partial charge >= 0.3 is 6.18 Å². The van der Waals surface area contributed by atoms with E-state index in [1.807, 2.05) is 0 Å². The quantitative estimate of drug-likeness (QED) is 0.567. The molecule has 1 atom stereocenters. The van der Waals surface area contributed by atoms with Crippen molar-refractivity contribution in [2.24, 2.45) is 0 Å². The highest BCUT2D eigenvalue weighted by atomic mass is 79.9. The van der Waals surface area contributed by atoms with Crippen molar-refractivity contribution in [3.63, 3.8) is 0 Å². The predicted octanol–water partition coefficient (Wildman–Crippen LogP) is 5.74. The number of rotatable bonds is 3. The molecule has 5 heteroatoms. The van der Waals surface area contributed by atoms with Crippen LogP contribution in [0.5, 0.6) is 0 Å². The summed E-state index contributed by atoms with van der Waals surface area (Å²) in [5.41, 5.74) is 0.208. The summed E-state index contributed by atoms with van der Waals surface area (Å²) in [6.07, 6.45) is -4.42. The van der Waals surface area contributed by atoms with E-state index in [1.54, 1.807) is 30.3 Å². The molecule has 0 heterocycles. The lowest BCUT2D eigenvalue weighted by Gasteiger charge is -2.27. The first-order valence-corrected chi connectivity index (χ1v) is 7.26. The minimum absolute atomic E-state index is 0.383. The van der Waals surface area contributed by atoms with Crippen LogP contribution in [0.25, 0.3) is 0 Å². The Labute approximate surface area is 135 Å². The van der Waals surface area contributed by atoms with E-state index >= 15 is 0 Å². The Balaban J connectivity index is 2.57. The monoisotopic (exact) mass is 408 g/mol. The van der Waals surface area contributed by atoms with E-state index in [9.17, 15) is 13.2 Å². The molecule has 0 radical (unpaired) electrons. The van der Waals surface area contributed by atoms with Gasteiger partial charge in [-0.15, -0.1) is 0 Å². The predicted molar refractivity (Wildman–Crippen MR) is 81.4 cm³/mol. The van der Waals surface area contributed by atoms with E-state index < -0.39 is 21.3 Å². The fraction of sp³-hybridized carbons (Fsp3) is 0.200. The number of hydrogen-bond acceptors (Lipinski definition) is 0. The van der Waals surface area contributed by atoms with Crippen molar-refractivity contribution in [1.29, 1.82) is 0 Å². The normalized spacial score (nSPS) is 17.1. The lowest BCUT2D eigenvalue weighted by molar-refractivity contribution is -0.137. The van der Waals surface area contributed by atoms with E-state index in [4.69, 9.17) is 2.74 Å². The van der Waals surface area contributed by atoms with Gasteiger partial charge in [-0.1, -0.05) is 74.3 Å². The van der Waals surface area contributed by atoms with Crippen molar-refractivity contribution in [1.82, 2.24) is 0 Å². The number of hydrogen-bond donors (Lipinski definition) is 0. The fourth-order valence-electron chi connectivity index (χ4n) is 1.83. The molecule has 0 aliphatic rings. The first-order valence-electron chi connectivity index (χ1n) is 6.68. The Hall–Kier alpha value is -0.810. The molecule has 106 valence electrons. The Bertz CT molecular complexity index is 637. The molecule has 20 heavy (non-hydrogen) atoms. The minimum Gasteiger partial charge on any atom is -0.166 e. The average molecular weight is 410 g/mol. The van der Waals surface area contributed by atoms with E-state index in [-0.39, 0.29) is 0 Å². The van der Waals surface area contributed by atoms with Crippen molar-refractivity contribution in [3.05, 3.63) is 71.3 Å². The molecule has 0 bridgehead atoms. The Morgan fingerprint density at radius 1 is 0.850 bits per heavy atom. The van der Waals surface area contributed by atoms with Gasteiger partial charge in [-0.25, -0.2) is 0 Å². The largest absolute Gasteiger partial charge is 0.416 e. The van der Waals surface area contributed by atoms with Gasteiger partial charge in [0.2, 0.25) is 0 Å². The van der Waals surface area contributed by atoms with E-state index in [0.29, 0.717) is 11.1 Å². The maximum Gasteiger partial charge on any atom is 0.416 e. The van der Waals surface area contributed by atoms with Crippen LogP contribution >= 0.6 is 31.9 Å². The highest BCUT2D eigenvalue weighted by Crippen LogP contribution is 2.41. The Morgan fingerprint density at radius 3 is 1.75 bits per heavy atom. The van der Waals surface area contributed by atoms with Gasteiger partial charge in [0.25, 0.3) is 0 Å². The highest BCUT2D eigenvalue weighted by Gasteiger charge is 2.33. The van der Waals surface area contributed by atoms with Crippen LogP contribution in [0.15, 0.2) is 54.6 Å². The van der Waals surface area contributed by atoms with Gasteiger partial charge in [0.1, 0.15) is 0 Å². The summed E-state index contributed by atoms with van der Waals surface area (Å²) in [5.74, 6) is 0. The standard InChI is InChI=1S/C15H11Br2F3/c16-10-14(17,11-4-2-1-3-5-11)12-6-8-13(9-7-12)15(18,19)20/h1-9H,10H2/i10D2. The molecule has 1 unspecified atom stereocenters. The summed E-state index contributed by atoms with van der Waals surface area (Å²) in [7, 11) is 0. The van der Waals surface area contributed by atoms with Crippen molar-refractivity contribution < 1.29 is 15.9 Å². The molecule has 0 aliphatic heterocycles. The van der Waals surface area contributed by atoms with E-state index in [0.717, 1.165) is 12.1 Å². The van der Waals surface area contributed by atoms with Crippen LogP contribution in [0, 0.1) is 0 Å². The van der Waals surface area contributed by atoms with Crippen molar-refractivity contribution in [3.8, 4) is 0 Å². The maximum atomic E-state index is 12.7. The van der Waals surface area contributed by atoms with E-state index in [2.05, 4.69) is 31.9 Å². The minimum atomic E-state index is -4.42. The molecule has 2 aromatic rings. The smallest absolute Gasteiger partial charge is 0.166 e. The van der Waals surface area contributed by atoms with Gasteiger partial charge < -0.3 is 0 Å². The highest BCUT2D eigenvalue weighted by molar-refractivity contribution is 9.12. The number of benzene rings is 2. The van der Waals surface area contributed by atoms with Gasteiger partial charge in [-0.2, -0.15) is 13.2 Å². The Kier molecular flexibility index (Phi) is 3.80. The third-order valence-electron chi connectivity index (χ3n) is 2.91. The molecular formula is C15H11Br2F3. The third-order valence-corrected chi connectivity index (χ3v) is 5.15. The molecule has 0 fully saturated rings. The molecule has 0 N–H and O–H groups in total. The summed E-state index contributed by atoms with van der Waals surface area (Å²) in [5, 5.41) is -1.92. The molecule has 0 aromatic heterocycles. The SMILES string of the molecule is [2H]C([2H])(Br)C(Br)(c1ccccc1)c1ccc(C(F)(F)F)cc1. The van der Waals surface area contributed by atoms with Gasteiger partial charge in [0.15, 0.2) is 0 Å². The summed E-state index contributed by atoms with van der Waals surface area (Å²) < 4.78 is 52.8. The van der Waals surface area contributed by atoms with Crippen LogP contribution in [-0.2, 0) is 10.5 Å². The van der Waals surface area contributed by atoms with Crippen LogP contribution in [0.2, 0.25) is 0 Å². The molecule has 0 spiro atoms. The zero-order valence-corrected chi connectivity index (χ0v) is 13.3. The zero-order chi connectivity index (χ0) is 16.6. The first-order chi connectivity index (χ1) is 10.1. The molecule has 0 saturated heterocycles. The molecule has 0 nitrogen and oxygen atoms in total. The van der Waals surface area contributed by atoms with Gasteiger partial charge in [0, 0.05) is 8.02 Å². The molecule has 0 saturated carbocycles. The Morgan fingerprint density at radius 2 is 1.30 bits per heavy atom. The van der Waals surface area contributed by atoms with Crippen LogP contribution in [0.4, 0.5) is 13.2 Å². The van der Waals surface area contributed by atoms with Crippen LogP contribution in [0.1, 0.15) is 19.4 Å². The van der Waals surface area contributed by atoms with Gasteiger partial charge in [-0.05, 0) is 23.3 Å². The van der Waals surface area contributed by atoms with Crippen LogP contribution in [-0.4, -0.2) is 5.28 Å². The summed E-state index contributed by atoms with van der Waals surface area (Å²) in [6.45, 7) is 0. The topological polar surface area (TPSA) is 0 Å². The first kappa shape index (κ1) is 12.9. The van der Waals surface area contributed by atoms with Crippen molar-refractivity contribution >= 4 is 31.9 Å². The molecular weight excluding hydrogens is 397 g/mol. The molecule has 2 aromatic carbocycles. The second-order valence-electron chi connectivity index (χ2n) is 4.19. The van der Waals surface area contributed by atoms with E-state index in [1.165, 1.54) is 12.1 Å². The summed E-state index contributed by atoms with van der Waals surface area (Å²) in [4.78, 5) is 0. The average Bonchev–Trinajstić information content (AvgIpc) is 2.45. The number of halogens is 5. The van der Waals surface area contributed by atoms with Crippen molar-refractivity contribution in [2.45, 2.75) is 10.5 Å². The summed E-state index contributed by atoms with van der Waals surface area (Å²) in [6, 6.07) is 13.2. The third kappa shape index (κ3) is 3.09. The molecule has 0 amide bonds. The maximum absolute atomic E-state index is 12.7. The van der Waals surface area contributed by atoms with Crippen LogP contribution in [0.3, 0.4) is 0 Å². The van der Waals surface area contributed by atoms with Crippen LogP contribution < -0.4 is 0 Å². The zero-order valence-electron chi connectivity index (χ0n) is 12.1. The van der Waals surface area contributed by atoms with Gasteiger partial charge in [0.05, 0.1) is 9.89 Å². The number of alkyl halides is 5. The second kappa shape index (κ2) is 5.90. The lowest BCUT2D eigenvalue weighted by atomic mass is 9.92. The van der Waals surface area contributed by atoms with Gasteiger partial charge in [-0.3, -0.25) is 0 Å². The second-order valence-corrected chi connectivity index (χ2v) is 5.78.